The fourth-order valence-electron chi connectivity index (χ4n) is 2.30. The molecule has 1 aromatic carbocycles. The summed E-state index contributed by atoms with van der Waals surface area (Å²) in [5.74, 6) is -1.21. The number of hydrogen-bond donors (Lipinski definition) is 1. The Morgan fingerprint density at radius 3 is 2.75 bits per heavy atom. The van der Waals surface area contributed by atoms with Crippen molar-refractivity contribution in [2.75, 3.05) is 12.4 Å². The SMILES string of the molecule is Cc1ccc(S(=O)(=O)CC2CCCCO2)cc1C(=O)O. The number of ether oxygens (including phenoxy) is 1. The third kappa shape index (κ3) is 3.37. The van der Waals surface area contributed by atoms with Gasteiger partial charge in [0.05, 0.1) is 22.3 Å². The van der Waals surface area contributed by atoms with Gasteiger partial charge in [0, 0.05) is 6.61 Å². The molecule has 1 N–H and O–H groups in total. The molecule has 1 saturated heterocycles. The lowest BCUT2D eigenvalue weighted by Crippen LogP contribution is -2.27. The largest absolute Gasteiger partial charge is 0.478 e. The Morgan fingerprint density at radius 1 is 1.40 bits per heavy atom. The van der Waals surface area contributed by atoms with E-state index in [1.54, 1.807) is 6.92 Å². The average Bonchev–Trinajstić information content (AvgIpc) is 2.39. The monoisotopic (exact) mass is 298 g/mol. The van der Waals surface area contributed by atoms with Crippen molar-refractivity contribution in [3.8, 4) is 0 Å². The van der Waals surface area contributed by atoms with Gasteiger partial charge >= 0.3 is 5.97 Å². The first-order valence-electron chi connectivity index (χ1n) is 6.58. The van der Waals surface area contributed by atoms with Crippen molar-refractivity contribution in [1.29, 1.82) is 0 Å². The Bertz CT molecular complexity index is 600. The zero-order chi connectivity index (χ0) is 14.8. The summed E-state index contributed by atoms with van der Waals surface area (Å²) in [5, 5.41) is 9.06. The quantitative estimate of drug-likeness (QED) is 0.920. The Kier molecular flexibility index (Phi) is 4.45. The Labute approximate surface area is 118 Å². The van der Waals surface area contributed by atoms with Gasteiger partial charge in [0.15, 0.2) is 9.84 Å². The molecule has 0 bridgehead atoms. The second-order valence-corrected chi connectivity index (χ2v) is 7.09. The van der Waals surface area contributed by atoms with E-state index in [4.69, 9.17) is 9.84 Å². The van der Waals surface area contributed by atoms with Gasteiger partial charge in [-0.1, -0.05) is 6.07 Å². The van der Waals surface area contributed by atoms with Crippen LogP contribution < -0.4 is 0 Å². The summed E-state index contributed by atoms with van der Waals surface area (Å²) >= 11 is 0. The van der Waals surface area contributed by atoms with Crippen LogP contribution in [0.4, 0.5) is 0 Å². The molecule has 1 aliphatic rings. The van der Waals surface area contributed by atoms with Gasteiger partial charge < -0.3 is 9.84 Å². The van der Waals surface area contributed by atoms with Crippen LogP contribution in [0.25, 0.3) is 0 Å². The zero-order valence-corrected chi connectivity index (χ0v) is 12.1. The molecule has 0 amide bonds. The molecule has 6 heteroatoms. The number of carboxylic acid groups (broad SMARTS) is 1. The lowest BCUT2D eigenvalue weighted by molar-refractivity contribution is 0.0305. The average molecular weight is 298 g/mol. The summed E-state index contributed by atoms with van der Waals surface area (Å²) in [6.07, 6.45) is 2.37. The molecule has 0 spiro atoms. The van der Waals surface area contributed by atoms with E-state index in [1.807, 2.05) is 0 Å². The molecule has 2 rings (SSSR count). The Hall–Kier alpha value is -1.40. The van der Waals surface area contributed by atoms with Gasteiger partial charge in [-0.2, -0.15) is 0 Å². The first-order valence-corrected chi connectivity index (χ1v) is 8.24. The van der Waals surface area contributed by atoms with Crippen molar-refractivity contribution < 1.29 is 23.1 Å². The second-order valence-electron chi connectivity index (χ2n) is 5.05. The van der Waals surface area contributed by atoms with E-state index in [0.29, 0.717) is 12.2 Å². The Balaban J connectivity index is 2.24. The van der Waals surface area contributed by atoms with E-state index in [2.05, 4.69) is 0 Å². The summed E-state index contributed by atoms with van der Waals surface area (Å²) < 4.78 is 30.1. The standard InChI is InChI=1S/C14H18O5S/c1-10-5-6-12(8-13(10)14(15)16)20(17,18)9-11-4-2-3-7-19-11/h5-6,8,11H,2-4,7,9H2,1H3,(H,15,16). The van der Waals surface area contributed by atoms with Gasteiger partial charge in [0.2, 0.25) is 0 Å². The number of aromatic carboxylic acids is 1. The smallest absolute Gasteiger partial charge is 0.335 e. The summed E-state index contributed by atoms with van der Waals surface area (Å²) in [5.41, 5.74) is 0.570. The summed E-state index contributed by atoms with van der Waals surface area (Å²) in [4.78, 5) is 11.1. The highest BCUT2D eigenvalue weighted by molar-refractivity contribution is 7.91. The molecular formula is C14H18O5S. The molecular weight excluding hydrogens is 280 g/mol. The summed E-state index contributed by atoms with van der Waals surface area (Å²) in [6, 6.07) is 4.22. The predicted octanol–water partition coefficient (Wildman–Crippen LogP) is 2.04. The molecule has 1 aromatic rings. The third-order valence-corrected chi connectivity index (χ3v) is 5.26. The maximum Gasteiger partial charge on any atom is 0.335 e. The van der Waals surface area contributed by atoms with Gasteiger partial charge in [0.1, 0.15) is 0 Å². The molecule has 1 heterocycles. The molecule has 0 saturated carbocycles. The van der Waals surface area contributed by atoms with E-state index >= 15 is 0 Å². The lowest BCUT2D eigenvalue weighted by atomic mass is 10.1. The van der Waals surface area contributed by atoms with Crippen molar-refractivity contribution >= 4 is 15.8 Å². The van der Waals surface area contributed by atoms with Gasteiger partial charge in [-0.3, -0.25) is 0 Å². The fraction of sp³-hybridized carbons (Fsp3) is 0.500. The van der Waals surface area contributed by atoms with E-state index in [-0.39, 0.29) is 22.3 Å². The van der Waals surface area contributed by atoms with Crippen LogP contribution in [0.5, 0.6) is 0 Å². The molecule has 1 fully saturated rings. The topological polar surface area (TPSA) is 80.7 Å². The van der Waals surface area contributed by atoms with Crippen molar-refractivity contribution in [3.63, 3.8) is 0 Å². The van der Waals surface area contributed by atoms with Crippen molar-refractivity contribution in [3.05, 3.63) is 29.3 Å². The maximum atomic E-state index is 12.3. The van der Waals surface area contributed by atoms with Crippen LogP contribution in [-0.4, -0.2) is 38.0 Å². The number of sulfone groups is 1. The van der Waals surface area contributed by atoms with E-state index in [1.165, 1.54) is 18.2 Å². The van der Waals surface area contributed by atoms with E-state index in [9.17, 15) is 13.2 Å². The van der Waals surface area contributed by atoms with Gasteiger partial charge in [0.25, 0.3) is 0 Å². The highest BCUT2D eigenvalue weighted by atomic mass is 32.2. The number of carbonyl (C=O) groups is 1. The molecule has 0 radical (unpaired) electrons. The molecule has 5 nitrogen and oxygen atoms in total. The molecule has 1 unspecified atom stereocenters. The van der Waals surface area contributed by atoms with Crippen LogP contribution in [0.2, 0.25) is 0 Å². The molecule has 0 aliphatic carbocycles. The highest BCUT2D eigenvalue weighted by Crippen LogP contribution is 2.21. The van der Waals surface area contributed by atoms with Crippen molar-refractivity contribution in [2.24, 2.45) is 0 Å². The van der Waals surface area contributed by atoms with Gasteiger partial charge in [-0.05, 0) is 43.9 Å². The fourth-order valence-corrected chi connectivity index (χ4v) is 3.82. The van der Waals surface area contributed by atoms with Crippen LogP contribution in [0.3, 0.4) is 0 Å². The van der Waals surface area contributed by atoms with E-state index in [0.717, 1.165) is 19.3 Å². The minimum atomic E-state index is -3.52. The van der Waals surface area contributed by atoms with Crippen LogP contribution in [0.15, 0.2) is 23.1 Å². The molecule has 20 heavy (non-hydrogen) atoms. The molecule has 0 aromatic heterocycles. The van der Waals surface area contributed by atoms with Crippen LogP contribution in [0, 0.1) is 6.92 Å². The number of hydrogen-bond acceptors (Lipinski definition) is 4. The van der Waals surface area contributed by atoms with Crippen LogP contribution in [-0.2, 0) is 14.6 Å². The molecule has 110 valence electrons. The molecule has 1 atom stereocenters. The van der Waals surface area contributed by atoms with Gasteiger partial charge in [-0.25, -0.2) is 13.2 Å². The lowest BCUT2D eigenvalue weighted by Gasteiger charge is -2.22. The highest BCUT2D eigenvalue weighted by Gasteiger charge is 2.24. The predicted molar refractivity (Wildman–Crippen MR) is 73.8 cm³/mol. The zero-order valence-electron chi connectivity index (χ0n) is 11.3. The van der Waals surface area contributed by atoms with Crippen molar-refractivity contribution in [1.82, 2.24) is 0 Å². The van der Waals surface area contributed by atoms with Crippen molar-refractivity contribution in [2.45, 2.75) is 37.2 Å². The first-order chi connectivity index (χ1) is 9.40. The molecule has 1 aliphatic heterocycles. The van der Waals surface area contributed by atoms with Gasteiger partial charge in [-0.15, -0.1) is 0 Å². The third-order valence-electron chi connectivity index (χ3n) is 3.48. The minimum absolute atomic E-state index is 0.0237. The first kappa shape index (κ1) is 15.0. The summed E-state index contributed by atoms with van der Waals surface area (Å²) in [7, 11) is -3.52. The van der Waals surface area contributed by atoms with E-state index < -0.39 is 15.8 Å². The minimum Gasteiger partial charge on any atom is -0.478 e. The van der Waals surface area contributed by atoms with Crippen LogP contribution >= 0.6 is 0 Å². The Morgan fingerprint density at radius 2 is 2.15 bits per heavy atom. The number of aryl methyl sites for hydroxylation is 1. The normalized spacial score (nSPS) is 19.8. The maximum absolute atomic E-state index is 12.3. The number of carboxylic acids is 1. The summed E-state index contributed by atoms with van der Waals surface area (Å²) in [6.45, 7) is 2.23. The number of benzene rings is 1. The van der Waals surface area contributed by atoms with Crippen LogP contribution in [0.1, 0.15) is 35.2 Å². The second kappa shape index (κ2) is 5.93. The number of rotatable bonds is 4.